The maximum atomic E-state index is 5.70. The Bertz CT molecular complexity index is 337. The van der Waals surface area contributed by atoms with E-state index in [1.165, 1.54) is 13.0 Å². The predicted molar refractivity (Wildman–Crippen MR) is 82.5 cm³/mol. The van der Waals surface area contributed by atoms with Gasteiger partial charge in [-0.05, 0) is 43.1 Å². The van der Waals surface area contributed by atoms with Crippen LogP contribution in [0.3, 0.4) is 0 Å². The Kier molecular flexibility index (Phi) is 7.34. The summed E-state index contributed by atoms with van der Waals surface area (Å²) < 4.78 is 5.70. The Morgan fingerprint density at radius 3 is 2.47 bits per heavy atom. The van der Waals surface area contributed by atoms with Crippen molar-refractivity contribution < 1.29 is 4.74 Å². The van der Waals surface area contributed by atoms with E-state index in [0.29, 0.717) is 0 Å². The van der Waals surface area contributed by atoms with Gasteiger partial charge < -0.3 is 15.4 Å². The zero-order valence-corrected chi connectivity index (χ0v) is 12.6. The topological polar surface area (TPSA) is 38.5 Å². The second-order valence-corrected chi connectivity index (χ2v) is 5.18. The average Bonchev–Trinajstić information content (AvgIpc) is 2.43. The van der Waals surface area contributed by atoms with Gasteiger partial charge in [-0.25, -0.2) is 0 Å². The van der Waals surface area contributed by atoms with E-state index in [-0.39, 0.29) is 0 Å². The fourth-order valence-electron chi connectivity index (χ4n) is 1.99. The first-order valence-corrected chi connectivity index (χ1v) is 7.36. The summed E-state index contributed by atoms with van der Waals surface area (Å²) in [6.45, 7) is 11.0. The molecule has 0 heterocycles. The van der Waals surface area contributed by atoms with Gasteiger partial charge in [-0.1, -0.05) is 27.2 Å². The molecule has 0 aliphatic rings. The first-order chi connectivity index (χ1) is 9.15. The molecule has 0 amide bonds. The molecule has 1 rings (SSSR count). The van der Waals surface area contributed by atoms with Crippen LogP contribution in [0, 0.1) is 5.92 Å². The molecule has 3 heteroatoms. The minimum absolute atomic E-state index is 0.765. The van der Waals surface area contributed by atoms with Crippen molar-refractivity contribution >= 4 is 5.69 Å². The van der Waals surface area contributed by atoms with Crippen LogP contribution in [-0.2, 0) is 0 Å². The van der Waals surface area contributed by atoms with Crippen LogP contribution in [0.2, 0.25) is 0 Å². The molecule has 0 bridgehead atoms. The van der Waals surface area contributed by atoms with Gasteiger partial charge in [0, 0.05) is 18.8 Å². The fraction of sp³-hybridized carbons (Fsp3) is 0.625. The molecule has 0 fully saturated rings. The molecule has 1 atom stereocenters. The SMILES string of the molecule is CCC(C)CN(CC)CCCOc1ccc(N)cc1. The number of hydrogen-bond acceptors (Lipinski definition) is 3. The van der Waals surface area contributed by atoms with Crippen LogP contribution in [0.4, 0.5) is 5.69 Å². The van der Waals surface area contributed by atoms with Gasteiger partial charge in [-0.15, -0.1) is 0 Å². The molecule has 1 unspecified atom stereocenters. The van der Waals surface area contributed by atoms with Crippen LogP contribution in [0.15, 0.2) is 24.3 Å². The van der Waals surface area contributed by atoms with Crippen molar-refractivity contribution in [1.82, 2.24) is 4.90 Å². The standard InChI is InChI=1S/C16H28N2O/c1-4-14(3)13-18(5-2)11-6-12-19-16-9-7-15(17)8-10-16/h7-10,14H,4-6,11-13,17H2,1-3H3. The molecule has 1 aromatic carbocycles. The monoisotopic (exact) mass is 264 g/mol. The number of nitrogens with zero attached hydrogens (tertiary/aromatic N) is 1. The number of ether oxygens (including phenoxy) is 1. The van der Waals surface area contributed by atoms with E-state index in [9.17, 15) is 0 Å². The van der Waals surface area contributed by atoms with Gasteiger partial charge in [0.05, 0.1) is 6.61 Å². The van der Waals surface area contributed by atoms with E-state index in [2.05, 4.69) is 25.7 Å². The second kappa shape index (κ2) is 8.81. The summed E-state index contributed by atoms with van der Waals surface area (Å²) in [5.41, 5.74) is 6.41. The van der Waals surface area contributed by atoms with Crippen molar-refractivity contribution in [2.75, 3.05) is 32.0 Å². The molecule has 0 aromatic heterocycles. The lowest BCUT2D eigenvalue weighted by Crippen LogP contribution is -2.30. The van der Waals surface area contributed by atoms with E-state index in [4.69, 9.17) is 10.5 Å². The summed E-state index contributed by atoms with van der Waals surface area (Å²) in [5.74, 6) is 1.68. The Morgan fingerprint density at radius 2 is 1.89 bits per heavy atom. The average molecular weight is 264 g/mol. The van der Waals surface area contributed by atoms with Crippen molar-refractivity contribution in [2.24, 2.45) is 5.92 Å². The van der Waals surface area contributed by atoms with Crippen molar-refractivity contribution in [2.45, 2.75) is 33.6 Å². The van der Waals surface area contributed by atoms with Gasteiger partial charge >= 0.3 is 0 Å². The van der Waals surface area contributed by atoms with Gasteiger partial charge in [0.2, 0.25) is 0 Å². The highest BCUT2D eigenvalue weighted by atomic mass is 16.5. The molecule has 0 radical (unpaired) electrons. The van der Waals surface area contributed by atoms with Crippen LogP contribution >= 0.6 is 0 Å². The summed E-state index contributed by atoms with van der Waals surface area (Å²) in [4.78, 5) is 2.50. The molecule has 0 aliphatic heterocycles. The van der Waals surface area contributed by atoms with Crippen molar-refractivity contribution in [1.29, 1.82) is 0 Å². The fourth-order valence-corrected chi connectivity index (χ4v) is 1.99. The van der Waals surface area contributed by atoms with Crippen molar-refractivity contribution in [3.63, 3.8) is 0 Å². The highest BCUT2D eigenvalue weighted by Gasteiger charge is 2.06. The van der Waals surface area contributed by atoms with Crippen LogP contribution in [0.1, 0.15) is 33.6 Å². The highest BCUT2D eigenvalue weighted by Crippen LogP contribution is 2.13. The zero-order chi connectivity index (χ0) is 14.1. The number of anilines is 1. The minimum atomic E-state index is 0.765. The molecule has 0 saturated heterocycles. The summed E-state index contributed by atoms with van der Waals surface area (Å²) in [6, 6.07) is 7.59. The molecular formula is C16H28N2O. The number of benzene rings is 1. The molecule has 0 spiro atoms. The van der Waals surface area contributed by atoms with Crippen LogP contribution in [-0.4, -0.2) is 31.1 Å². The van der Waals surface area contributed by atoms with Crippen molar-refractivity contribution in [3.05, 3.63) is 24.3 Å². The normalized spacial score (nSPS) is 12.6. The van der Waals surface area contributed by atoms with Crippen LogP contribution in [0.5, 0.6) is 5.75 Å². The summed E-state index contributed by atoms with van der Waals surface area (Å²) in [5, 5.41) is 0. The first kappa shape index (κ1) is 15.8. The quantitative estimate of drug-likeness (QED) is 0.549. The predicted octanol–water partition coefficient (Wildman–Crippen LogP) is 3.41. The third-order valence-corrected chi connectivity index (χ3v) is 3.48. The van der Waals surface area contributed by atoms with Gasteiger partial charge in [-0.2, -0.15) is 0 Å². The highest BCUT2D eigenvalue weighted by molar-refractivity contribution is 5.41. The smallest absolute Gasteiger partial charge is 0.119 e. The third-order valence-electron chi connectivity index (χ3n) is 3.48. The number of nitrogen functional groups attached to an aromatic ring is 1. The van der Waals surface area contributed by atoms with E-state index in [1.807, 2.05) is 24.3 Å². The van der Waals surface area contributed by atoms with E-state index in [0.717, 1.165) is 43.5 Å². The van der Waals surface area contributed by atoms with E-state index < -0.39 is 0 Å². The lowest BCUT2D eigenvalue weighted by atomic mass is 10.1. The molecule has 108 valence electrons. The molecule has 19 heavy (non-hydrogen) atoms. The maximum absolute atomic E-state index is 5.70. The number of nitrogens with two attached hydrogens (primary N) is 1. The lowest BCUT2D eigenvalue weighted by Gasteiger charge is -2.23. The summed E-state index contributed by atoms with van der Waals surface area (Å²) in [6.07, 6.45) is 2.31. The Labute approximate surface area is 117 Å². The van der Waals surface area contributed by atoms with Crippen LogP contribution < -0.4 is 10.5 Å². The Balaban J connectivity index is 2.20. The molecular weight excluding hydrogens is 236 g/mol. The third kappa shape index (κ3) is 6.48. The Hall–Kier alpha value is -1.22. The molecule has 0 saturated carbocycles. The van der Waals surface area contributed by atoms with Gasteiger partial charge in [0.15, 0.2) is 0 Å². The van der Waals surface area contributed by atoms with Gasteiger partial charge in [0.1, 0.15) is 5.75 Å². The van der Waals surface area contributed by atoms with E-state index >= 15 is 0 Å². The summed E-state index contributed by atoms with van der Waals surface area (Å²) in [7, 11) is 0. The molecule has 2 N–H and O–H groups in total. The van der Waals surface area contributed by atoms with Crippen LogP contribution in [0.25, 0.3) is 0 Å². The first-order valence-electron chi connectivity index (χ1n) is 7.36. The summed E-state index contributed by atoms with van der Waals surface area (Å²) >= 11 is 0. The van der Waals surface area contributed by atoms with Gasteiger partial charge in [0.25, 0.3) is 0 Å². The molecule has 1 aromatic rings. The number of hydrogen-bond donors (Lipinski definition) is 1. The van der Waals surface area contributed by atoms with Crippen molar-refractivity contribution in [3.8, 4) is 5.75 Å². The lowest BCUT2D eigenvalue weighted by molar-refractivity contribution is 0.217. The number of rotatable bonds is 9. The minimum Gasteiger partial charge on any atom is -0.494 e. The largest absolute Gasteiger partial charge is 0.494 e. The second-order valence-electron chi connectivity index (χ2n) is 5.18. The molecule has 0 aliphatic carbocycles. The maximum Gasteiger partial charge on any atom is 0.119 e. The zero-order valence-electron chi connectivity index (χ0n) is 12.6. The van der Waals surface area contributed by atoms with Gasteiger partial charge in [-0.3, -0.25) is 0 Å². The van der Waals surface area contributed by atoms with E-state index in [1.54, 1.807) is 0 Å². The molecule has 3 nitrogen and oxygen atoms in total. The Morgan fingerprint density at radius 1 is 1.21 bits per heavy atom.